The first kappa shape index (κ1) is 21.8. The van der Waals surface area contributed by atoms with E-state index in [0.29, 0.717) is 23.0 Å². The number of thiophene rings is 1. The van der Waals surface area contributed by atoms with Gasteiger partial charge in [0.25, 0.3) is 5.69 Å². The van der Waals surface area contributed by atoms with Gasteiger partial charge < -0.3 is 9.09 Å². The Balaban J connectivity index is 1.27. The third kappa shape index (κ3) is 4.42. The third-order valence-corrected chi connectivity index (χ3v) is 8.18. The Morgan fingerprint density at radius 3 is 2.88 bits per heavy atom. The van der Waals surface area contributed by atoms with Gasteiger partial charge in [0.1, 0.15) is 0 Å². The van der Waals surface area contributed by atoms with Crippen LogP contribution in [0.2, 0.25) is 0 Å². The molecule has 5 rings (SSSR count). The van der Waals surface area contributed by atoms with Crippen molar-refractivity contribution in [2.75, 3.05) is 0 Å². The van der Waals surface area contributed by atoms with Crippen LogP contribution in [0.1, 0.15) is 36.1 Å². The summed E-state index contributed by atoms with van der Waals surface area (Å²) in [6.45, 7) is 2.27. The molecular weight excluding hydrogens is 460 g/mol. The maximum absolute atomic E-state index is 10.8. The standard InChI is InChI=1S/C22H22N6O3S2/c1-3-13-4-9-17-15(10-13)11-18(33-17)21-24-25-22(27(21)2)32-12-19-23-20(26-31-19)14-5-7-16(8-6-14)28(29)30/h5-8,11,13H,3-4,9-10,12H2,1-2H3. The van der Waals surface area contributed by atoms with E-state index in [4.69, 9.17) is 4.52 Å². The zero-order valence-corrected chi connectivity index (χ0v) is 19.9. The number of hydrogen-bond acceptors (Lipinski definition) is 9. The molecule has 0 saturated heterocycles. The first-order chi connectivity index (χ1) is 16.0. The third-order valence-electron chi connectivity index (χ3n) is 5.95. The number of rotatable bonds is 7. The van der Waals surface area contributed by atoms with Crippen molar-refractivity contribution in [2.45, 2.75) is 43.5 Å². The lowest BCUT2D eigenvalue weighted by molar-refractivity contribution is -0.384. The number of hydrogen-bond donors (Lipinski definition) is 0. The van der Waals surface area contributed by atoms with Gasteiger partial charge in [0, 0.05) is 29.6 Å². The Kier molecular flexibility index (Phi) is 5.98. The monoisotopic (exact) mass is 482 g/mol. The topological polar surface area (TPSA) is 113 Å². The molecule has 1 atom stereocenters. The molecule has 170 valence electrons. The molecule has 11 heteroatoms. The highest BCUT2D eigenvalue weighted by atomic mass is 32.2. The fraction of sp³-hybridized carbons (Fsp3) is 0.364. The quantitative estimate of drug-likeness (QED) is 0.198. The van der Waals surface area contributed by atoms with E-state index in [1.54, 1.807) is 12.1 Å². The summed E-state index contributed by atoms with van der Waals surface area (Å²) in [4.78, 5) is 17.4. The SMILES string of the molecule is CCC1CCc2sc(-c3nnc(SCc4nc(-c5ccc([N+](=O)[O-])cc5)no4)n3C)cc2C1. The molecule has 33 heavy (non-hydrogen) atoms. The van der Waals surface area contributed by atoms with Gasteiger partial charge in [-0.25, -0.2) is 0 Å². The number of fused-ring (bicyclic) bond motifs is 1. The van der Waals surface area contributed by atoms with Crippen molar-refractivity contribution in [3.63, 3.8) is 0 Å². The second-order valence-corrected chi connectivity index (χ2v) is 10.1. The van der Waals surface area contributed by atoms with Crippen molar-refractivity contribution in [1.29, 1.82) is 0 Å². The van der Waals surface area contributed by atoms with Crippen molar-refractivity contribution in [2.24, 2.45) is 13.0 Å². The highest BCUT2D eigenvalue weighted by Gasteiger charge is 2.23. The number of thioether (sulfide) groups is 1. The molecule has 0 N–H and O–H groups in total. The number of nitro benzene ring substituents is 1. The molecule has 9 nitrogen and oxygen atoms in total. The van der Waals surface area contributed by atoms with Crippen LogP contribution in [0.15, 0.2) is 40.0 Å². The van der Waals surface area contributed by atoms with Crippen molar-refractivity contribution in [3.8, 4) is 22.1 Å². The molecule has 0 spiro atoms. The lowest BCUT2D eigenvalue weighted by atomic mass is 9.87. The molecule has 1 aliphatic carbocycles. The molecule has 0 saturated carbocycles. The smallest absolute Gasteiger partial charge is 0.269 e. The van der Waals surface area contributed by atoms with Crippen LogP contribution in [-0.4, -0.2) is 29.8 Å². The van der Waals surface area contributed by atoms with Gasteiger partial charge in [0.15, 0.2) is 11.0 Å². The van der Waals surface area contributed by atoms with E-state index in [0.717, 1.165) is 34.6 Å². The summed E-state index contributed by atoms with van der Waals surface area (Å²) in [7, 11) is 1.97. The molecule has 4 aromatic rings. The Morgan fingerprint density at radius 2 is 2.12 bits per heavy atom. The van der Waals surface area contributed by atoms with E-state index >= 15 is 0 Å². The summed E-state index contributed by atoms with van der Waals surface area (Å²) >= 11 is 3.31. The van der Waals surface area contributed by atoms with Crippen molar-refractivity contribution in [3.05, 3.63) is 56.8 Å². The van der Waals surface area contributed by atoms with E-state index in [2.05, 4.69) is 33.3 Å². The van der Waals surface area contributed by atoms with Gasteiger partial charge in [-0.05, 0) is 48.9 Å². The van der Waals surface area contributed by atoms with Crippen molar-refractivity contribution < 1.29 is 9.45 Å². The number of non-ortho nitro benzene ring substituents is 1. The first-order valence-electron chi connectivity index (χ1n) is 10.7. The van der Waals surface area contributed by atoms with Crippen LogP contribution in [0.25, 0.3) is 22.1 Å². The Labute approximate surface area is 198 Å². The molecule has 0 bridgehead atoms. The van der Waals surface area contributed by atoms with Gasteiger partial charge in [-0.3, -0.25) is 10.1 Å². The number of benzene rings is 1. The van der Waals surface area contributed by atoms with Crippen molar-refractivity contribution >= 4 is 28.8 Å². The Morgan fingerprint density at radius 1 is 1.30 bits per heavy atom. The molecule has 1 aliphatic rings. The Bertz CT molecular complexity index is 1290. The van der Waals surface area contributed by atoms with Crippen LogP contribution in [0.3, 0.4) is 0 Å². The second kappa shape index (κ2) is 9.06. The summed E-state index contributed by atoms with van der Waals surface area (Å²) in [5.41, 5.74) is 2.15. The lowest BCUT2D eigenvalue weighted by Crippen LogP contribution is -2.10. The molecule has 3 heterocycles. The van der Waals surface area contributed by atoms with E-state index in [-0.39, 0.29) is 5.69 Å². The second-order valence-electron chi connectivity index (χ2n) is 8.05. The maximum atomic E-state index is 10.8. The average Bonchev–Trinajstić information content (AvgIpc) is 3.55. The average molecular weight is 483 g/mol. The minimum Gasteiger partial charge on any atom is -0.338 e. The molecule has 0 fully saturated rings. The number of aryl methyl sites for hydroxylation is 1. The van der Waals surface area contributed by atoms with Gasteiger partial charge in [-0.15, -0.1) is 21.5 Å². The van der Waals surface area contributed by atoms with Crippen molar-refractivity contribution in [1.82, 2.24) is 24.9 Å². The molecule has 1 unspecified atom stereocenters. The fourth-order valence-electron chi connectivity index (χ4n) is 4.00. The van der Waals surface area contributed by atoms with Crippen LogP contribution < -0.4 is 0 Å². The van der Waals surface area contributed by atoms with Gasteiger partial charge in [0.2, 0.25) is 11.7 Å². The minimum absolute atomic E-state index is 0.0212. The summed E-state index contributed by atoms with van der Waals surface area (Å²) in [6, 6.07) is 8.35. The van der Waals surface area contributed by atoms with Crippen LogP contribution in [0.4, 0.5) is 5.69 Å². The van der Waals surface area contributed by atoms with Gasteiger partial charge >= 0.3 is 0 Å². The summed E-state index contributed by atoms with van der Waals surface area (Å²) < 4.78 is 7.36. The van der Waals surface area contributed by atoms with Gasteiger partial charge in [0.05, 0.1) is 15.6 Å². The predicted octanol–water partition coefficient (Wildman–Crippen LogP) is 5.31. The van der Waals surface area contributed by atoms with Gasteiger partial charge in [-0.1, -0.05) is 30.3 Å². The van der Waals surface area contributed by atoms with E-state index in [9.17, 15) is 10.1 Å². The number of nitro groups is 1. The minimum atomic E-state index is -0.440. The van der Waals surface area contributed by atoms with Crippen LogP contribution >= 0.6 is 23.1 Å². The van der Waals surface area contributed by atoms with E-state index < -0.39 is 4.92 Å². The summed E-state index contributed by atoms with van der Waals surface area (Å²) in [6.07, 6.45) is 4.83. The van der Waals surface area contributed by atoms with Gasteiger partial charge in [-0.2, -0.15) is 4.98 Å². The molecule has 0 aliphatic heterocycles. The molecule has 1 aromatic carbocycles. The zero-order valence-electron chi connectivity index (χ0n) is 18.2. The highest BCUT2D eigenvalue weighted by Crippen LogP contribution is 2.38. The predicted molar refractivity (Wildman–Crippen MR) is 126 cm³/mol. The molecular formula is C22H22N6O3S2. The lowest BCUT2D eigenvalue weighted by Gasteiger charge is -2.19. The Hall–Kier alpha value is -3.05. The van der Waals surface area contributed by atoms with Crippen LogP contribution in [-0.2, 0) is 25.6 Å². The first-order valence-corrected chi connectivity index (χ1v) is 12.5. The number of nitrogens with zero attached hydrogens (tertiary/aromatic N) is 6. The van der Waals surface area contributed by atoms with E-state index in [1.165, 1.54) is 47.2 Å². The molecule has 0 radical (unpaired) electrons. The largest absolute Gasteiger partial charge is 0.338 e. The van der Waals surface area contributed by atoms with E-state index in [1.807, 2.05) is 23.0 Å². The zero-order chi connectivity index (χ0) is 22.9. The summed E-state index contributed by atoms with van der Waals surface area (Å²) in [5.74, 6) is 2.96. The molecule has 3 aromatic heterocycles. The number of aromatic nitrogens is 5. The fourth-order valence-corrected chi connectivity index (χ4v) is 5.98. The highest BCUT2D eigenvalue weighted by molar-refractivity contribution is 7.98. The van der Waals surface area contributed by atoms with Crippen LogP contribution in [0.5, 0.6) is 0 Å². The normalized spacial score (nSPS) is 15.5. The summed E-state index contributed by atoms with van der Waals surface area (Å²) in [5, 5.41) is 24.4. The molecule has 0 amide bonds. The maximum Gasteiger partial charge on any atom is 0.269 e. The van der Waals surface area contributed by atoms with Crippen LogP contribution in [0, 0.1) is 16.0 Å².